The monoisotopic (exact) mass is 507 g/mol. The molecule has 0 radical (unpaired) electrons. The number of Topliss-reactive ketones (excluding diaryl/α,β-unsaturated/α-hetero) is 1. The Labute approximate surface area is 221 Å². The van der Waals surface area contributed by atoms with Gasteiger partial charge in [-0.15, -0.1) is 0 Å². The summed E-state index contributed by atoms with van der Waals surface area (Å²) < 4.78 is 11.2. The minimum absolute atomic E-state index is 0.0251. The molecule has 1 aliphatic rings. The molecule has 1 aliphatic heterocycles. The summed E-state index contributed by atoms with van der Waals surface area (Å²) in [5, 5.41) is 13.5. The molecule has 1 heterocycles. The van der Waals surface area contributed by atoms with Crippen LogP contribution in [0.15, 0.2) is 84.4 Å². The maximum absolute atomic E-state index is 13.6. The van der Waals surface area contributed by atoms with E-state index in [2.05, 4.69) is 0 Å². The summed E-state index contributed by atoms with van der Waals surface area (Å²) in [5.74, 6) is -0.637. The zero-order chi connectivity index (χ0) is 27.0. The van der Waals surface area contributed by atoms with E-state index in [1.807, 2.05) is 75.4 Å². The summed E-state index contributed by atoms with van der Waals surface area (Å²) in [7, 11) is 1.55. The molecule has 4 aromatic carbocycles. The van der Waals surface area contributed by atoms with E-state index in [1.165, 1.54) is 4.90 Å². The topological polar surface area (TPSA) is 76.1 Å². The van der Waals surface area contributed by atoms with Crippen molar-refractivity contribution < 1.29 is 24.2 Å². The quantitative estimate of drug-likeness (QED) is 0.183. The molecule has 5 rings (SSSR count). The van der Waals surface area contributed by atoms with Gasteiger partial charge in [-0.2, -0.15) is 0 Å². The van der Waals surface area contributed by atoms with Gasteiger partial charge in [0.15, 0.2) is 11.5 Å². The largest absolute Gasteiger partial charge is 0.507 e. The van der Waals surface area contributed by atoms with Crippen molar-refractivity contribution in [1.82, 2.24) is 0 Å². The lowest BCUT2D eigenvalue weighted by Crippen LogP contribution is -2.29. The number of amides is 1. The number of aliphatic hydroxyl groups is 1. The molecule has 0 spiro atoms. The van der Waals surface area contributed by atoms with Crippen LogP contribution in [0.4, 0.5) is 5.69 Å². The van der Waals surface area contributed by atoms with E-state index in [0.29, 0.717) is 34.9 Å². The molecule has 192 valence electrons. The molecule has 1 saturated heterocycles. The molecule has 1 amide bonds. The van der Waals surface area contributed by atoms with Gasteiger partial charge in [0, 0.05) is 11.3 Å². The Morgan fingerprint density at radius 3 is 2.26 bits per heavy atom. The first-order valence-corrected chi connectivity index (χ1v) is 12.5. The number of methoxy groups -OCH3 is 1. The van der Waals surface area contributed by atoms with Gasteiger partial charge < -0.3 is 14.6 Å². The molecular weight excluding hydrogens is 478 g/mol. The van der Waals surface area contributed by atoms with Crippen molar-refractivity contribution in [3.8, 4) is 11.5 Å². The molecule has 0 bridgehead atoms. The Hall–Kier alpha value is -4.58. The number of aryl methyl sites for hydroxylation is 2. The van der Waals surface area contributed by atoms with Crippen LogP contribution in [0, 0.1) is 13.8 Å². The maximum Gasteiger partial charge on any atom is 0.300 e. The van der Waals surface area contributed by atoms with Crippen molar-refractivity contribution in [2.75, 3.05) is 18.6 Å². The van der Waals surface area contributed by atoms with Gasteiger partial charge in [-0.25, -0.2) is 0 Å². The zero-order valence-corrected chi connectivity index (χ0v) is 21.8. The van der Waals surface area contributed by atoms with E-state index in [4.69, 9.17) is 9.47 Å². The SMILES string of the molecule is CCOc1cc(C2/C(=C(\O)c3ccc4ccccc4c3)C(=O)C(=O)N2c2cc(C)cc(C)c2)ccc1OC. The van der Waals surface area contributed by atoms with Crippen LogP contribution in [0.5, 0.6) is 11.5 Å². The molecule has 1 unspecified atom stereocenters. The molecular formula is C32H29NO5. The van der Waals surface area contributed by atoms with Crippen molar-refractivity contribution in [2.24, 2.45) is 0 Å². The summed E-state index contributed by atoms with van der Waals surface area (Å²) in [4.78, 5) is 28.6. The van der Waals surface area contributed by atoms with Gasteiger partial charge in [-0.3, -0.25) is 14.5 Å². The van der Waals surface area contributed by atoms with E-state index in [9.17, 15) is 14.7 Å². The number of hydrogen-bond donors (Lipinski definition) is 1. The molecule has 6 heteroatoms. The summed E-state index contributed by atoms with van der Waals surface area (Å²) >= 11 is 0. The minimum Gasteiger partial charge on any atom is -0.507 e. The number of carbonyl (C=O) groups is 2. The average Bonchev–Trinajstić information content (AvgIpc) is 3.17. The smallest absolute Gasteiger partial charge is 0.300 e. The fourth-order valence-corrected chi connectivity index (χ4v) is 5.13. The lowest BCUT2D eigenvalue weighted by Gasteiger charge is -2.27. The number of rotatable bonds is 6. The van der Waals surface area contributed by atoms with E-state index in [-0.39, 0.29) is 11.3 Å². The third-order valence-corrected chi connectivity index (χ3v) is 6.76. The predicted molar refractivity (Wildman–Crippen MR) is 149 cm³/mol. The standard InChI is InChI=1S/C32H29NO5/c1-5-38-27-18-23(12-13-26(27)37-4)29-28(30(34)24-11-10-21-8-6-7-9-22(21)17-24)31(35)32(36)33(29)25-15-19(2)14-20(3)16-25/h6-18,29,34H,5H2,1-4H3/b30-28+. The van der Waals surface area contributed by atoms with Crippen molar-refractivity contribution in [2.45, 2.75) is 26.8 Å². The van der Waals surface area contributed by atoms with Gasteiger partial charge in [0.2, 0.25) is 0 Å². The van der Waals surface area contributed by atoms with Crippen LogP contribution in [-0.4, -0.2) is 30.5 Å². The van der Waals surface area contributed by atoms with Crippen molar-refractivity contribution in [1.29, 1.82) is 0 Å². The highest BCUT2D eigenvalue weighted by atomic mass is 16.5. The van der Waals surface area contributed by atoms with Gasteiger partial charge in [0.1, 0.15) is 5.76 Å². The van der Waals surface area contributed by atoms with Crippen molar-refractivity contribution in [3.05, 3.63) is 107 Å². The fourth-order valence-electron chi connectivity index (χ4n) is 5.13. The number of benzene rings is 4. The van der Waals surface area contributed by atoms with Gasteiger partial charge in [-0.1, -0.05) is 48.5 Å². The first-order valence-electron chi connectivity index (χ1n) is 12.5. The van der Waals surface area contributed by atoms with E-state index in [0.717, 1.165) is 21.9 Å². The van der Waals surface area contributed by atoms with Crippen LogP contribution >= 0.6 is 0 Å². The lowest BCUT2D eigenvalue weighted by atomic mass is 9.94. The molecule has 1 atom stereocenters. The Balaban J connectivity index is 1.76. The number of hydrogen-bond acceptors (Lipinski definition) is 5. The third-order valence-electron chi connectivity index (χ3n) is 6.76. The second-order valence-corrected chi connectivity index (χ2v) is 9.42. The van der Waals surface area contributed by atoms with Gasteiger partial charge in [0.05, 0.1) is 25.3 Å². The third kappa shape index (κ3) is 4.39. The second kappa shape index (κ2) is 10.1. The summed E-state index contributed by atoms with van der Waals surface area (Å²) in [5.41, 5.74) is 3.61. The van der Waals surface area contributed by atoms with Gasteiger partial charge in [0.25, 0.3) is 11.7 Å². The van der Waals surface area contributed by atoms with Gasteiger partial charge in [-0.05, 0) is 78.6 Å². The Kier molecular flexibility index (Phi) is 6.64. The molecule has 0 aromatic heterocycles. The Morgan fingerprint density at radius 1 is 0.868 bits per heavy atom. The Morgan fingerprint density at radius 2 is 1.58 bits per heavy atom. The molecule has 1 N–H and O–H groups in total. The van der Waals surface area contributed by atoms with Crippen LogP contribution in [0.2, 0.25) is 0 Å². The maximum atomic E-state index is 13.6. The number of ether oxygens (including phenoxy) is 2. The highest BCUT2D eigenvalue weighted by Crippen LogP contribution is 2.44. The highest BCUT2D eigenvalue weighted by Gasteiger charge is 2.47. The molecule has 0 saturated carbocycles. The van der Waals surface area contributed by atoms with Crippen molar-refractivity contribution in [3.63, 3.8) is 0 Å². The van der Waals surface area contributed by atoms with Crippen LogP contribution in [-0.2, 0) is 9.59 Å². The first kappa shape index (κ1) is 25.1. The van der Waals surface area contributed by atoms with Gasteiger partial charge >= 0.3 is 0 Å². The summed E-state index contributed by atoms with van der Waals surface area (Å²) in [6.45, 7) is 6.16. The number of nitrogens with zero attached hydrogens (tertiary/aromatic N) is 1. The number of carbonyl (C=O) groups excluding carboxylic acids is 2. The van der Waals surface area contributed by atoms with Crippen LogP contribution < -0.4 is 14.4 Å². The molecule has 1 fully saturated rings. The second-order valence-electron chi connectivity index (χ2n) is 9.42. The summed E-state index contributed by atoms with van der Waals surface area (Å²) in [6.07, 6.45) is 0. The predicted octanol–water partition coefficient (Wildman–Crippen LogP) is 6.49. The average molecular weight is 508 g/mol. The first-order chi connectivity index (χ1) is 18.3. The highest BCUT2D eigenvalue weighted by molar-refractivity contribution is 6.51. The van der Waals surface area contributed by atoms with Crippen LogP contribution in [0.3, 0.4) is 0 Å². The molecule has 6 nitrogen and oxygen atoms in total. The van der Waals surface area contributed by atoms with E-state index >= 15 is 0 Å². The fraction of sp³-hybridized carbons (Fsp3) is 0.188. The number of fused-ring (bicyclic) bond motifs is 1. The normalized spacial score (nSPS) is 16.7. The lowest BCUT2D eigenvalue weighted by molar-refractivity contribution is -0.132. The Bertz CT molecular complexity index is 1580. The summed E-state index contributed by atoms with van der Waals surface area (Å²) in [6, 6.07) is 23.4. The van der Waals surface area contributed by atoms with Crippen LogP contribution in [0.1, 0.15) is 35.2 Å². The number of anilines is 1. The molecule has 38 heavy (non-hydrogen) atoms. The molecule has 4 aromatic rings. The van der Waals surface area contributed by atoms with Crippen LogP contribution in [0.25, 0.3) is 16.5 Å². The number of aliphatic hydroxyl groups excluding tert-OH is 1. The van der Waals surface area contributed by atoms with Crippen molar-refractivity contribution >= 4 is 33.9 Å². The molecule has 0 aliphatic carbocycles. The van der Waals surface area contributed by atoms with E-state index in [1.54, 1.807) is 31.4 Å². The number of ketones is 1. The minimum atomic E-state index is -0.868. The van der Waals surface area contributed by atoms with E-state index < -0.39 is 17.7 Å². The zero-order valence-electron chi connectivity index (χ0n) is 21.8.